The van der Waals surface area contributed by atoms with Crippen molar-refractivity contribution in [2.75, 3.05) is 19.6 Å². The van der Waals surface area contributed by atoms with Crippen LogP contribution in [0, 0.1) is 17.8 Å². The van der Waals surface area contributed by atoms with Crippen LogP contribution in [0.1, 0.15) is 18.1 Å². The van der Waals surface area contributed by atoms with Gasteiger partial charge in [0.15, 0.2) is 0 Å². The van der Waals surface area contributed by atoms with E-state index in [0.717, 1.165) is 32.5 Å². The fraction of sp³-hybridized carbons (Fsp3) is 0.562. The van der Waals surface area contributed by atoms with Crippen LogP contribution in [0.4, 0.5) is 0 Å². The quantitative estimate of drug-likeness (QED) is 0.889. The Balaban J connectivity index is 0.00000147. The van der Waals surface area contributed by atoms with Gasteiger partial charge in [-0.15, -0.1) is 12.4 Å². The summed E-state index contributed by atoms with van der Waals surface area (Å²) in [5.41, 5.74) is 2.91. The number of amides is 1. The Morgan fingerprint density at radius 3 is 2.40 bits per heavy atom. The van der Waals surface area contributed by atoms with Crippen molar-refractivity contribution >= 4 is 18.3 Å². The highest BCUT2D eigenvalue weighted by molar-refractivity contribution is 5.85. The molecular weight excluding hydrogens is 272 g/mol. The van der Waals surface area contributed by atoms with E-state index in [9.17, 15) is 4.79 Å². The minimum Gasteiger partial charge on any atom is -0.356 e. The lowest BCUT2D eigenvalue weighted by atomic mass is 9.88. The molecule has 0 saturated carbocycles. The molecular formula is C16H23ClN2O. The molecule has 1 aromatic rings. The molecule has 2 aliphatic rings. The second-order valence-electron chi connectivity index (χ2n) is 6.00. The van der Waals surface area contributed by atoms with E-state index < -0.39 is 0 Å². The summed E-state index contributed by atoms with van der Waals surface area (Å²) in [6.07, 6.45) is 2.21. The number of hydrogen-bond acceptors (Lipinski definition) is 2. The van der Waals surface area contributed by atoms with E-state index in [0.29, 0.717) is 11.8 Å². The molecule has 3 nitrogen and oxygen atoms in total. The number of halogens is 1. The van der Waals surface area contributed by atoms with Crippen LogP contribution in [0.5, 0.6) is 0 Å². The van der Waals surface area contributed by atoms with Gasteiger partial charge in [-0.3, -0.25) is 4.79 Å². The highest BCUT2D eigenvalue weighted by atomic mass is 35.5. The number of carbonyl (C=O) groups is 1. The zero-order valence-corrected chi connectivity index (χ0v) is 12.7. The third-order valence-electron chi connectivity index (χ3n) is 4.63. The van der Waals surface area contributed by atoms with E-state index in [2.05, 4.69) is 34.9 Å². The first-order valence-corrected chi connectivity index (χ1v) is 7.29. The maximum Gasteiger partial charge on any atom is 0.223 e. The van der Waals surface area contributed by atoms with E-state index in [1.807, 2.05) is 6.92 Å². The molecule has 1 saturated heterocycles. The summed E-state index contributed by atoms with van der Waals surface area (Å²) in [5.74, 6) is 1.47. The van der Waals surface area contributed by atoms with E-state index in [1.54, 1.807) is 0 Å². The average molecular weight is 295 g/mol. The van der Waals surface area contributed by atoms with Gasteiger partial charge < -0.3 is 10.6 Å². The topological polar surface area (TPSA) is 41.1 Å². The summed E-state index contributed by atoms with van der Waals surface area (Å²) in [5, 5.41) is 6.37. The lowest BCUT2D eigenvalue weighted by Gasteiger charge is -2.32. The van der Waals surface area contributed by atoms with Gasteiger partial charge in [0.1, 0.15) is 0 Å². The van der Waals surface area contributed by atoms with Crippen LogP contribution in [-0.2, 0) is 17.6 Å². The maximum absolute atomic E-state index is 12.1. The van der Waals surface area contributed by atoms with Crippen molar-refractivity contribution in [2.24, 2.45) is 17.8 Å². The van der Waals surface area contributed by atoms with Crippen LogP contribution < -0.4 is 10.6 Å². The highest BCUT2D eigenvalue weighted by Crippen LogP contribution is 2.26. The first-order chi connectivity index (χ1) is 9.24. The number of fused-ring (bicyclic) bond motifs is 1. The van der Waals surface area contributed by atoms with Crippen LogP contribution >= 0.6 is 12.4 Å². The molecule has 4 heteroatoms. The molecule has 0 radical (unpaired) electrons. The van der Waals surface area contributed by atoms with Crippen molar-refractivity contribution in [3.8, 4) is 0 Å². The van der Waals surface area contributed by atoms with Crippen molar-refractivity contribution in [3.05, 3.63) is 35.4 Å². The molecule has 0 spiro atoms. The SMILES string of the molecule is CC(C(=O)NCC1Cc2ccccc2C1)C1CNC1.Cl. The third-order valence-corrected chi connectivity index (χ3v) is 4.63. The zero-order chi connectivity index (χ0) is 13.2. The molecule has 0 aromatic heterocycles. The van der Waals surface area contributed by atoms with Gasteiger partial charge in [0.25, 0.3) is 0 Å². The Kier molecular flexibility index (Phi) is 5.06. The number of hydrogen-bond donors (Lipinski definition) is 2. The van der Waals surface area contributed by atoms with Crippen LogP contribution in [0.25, 0.3) is 0 Å². The average Bonchev–Trinajstić information content (AvgIpc) is 2.76. The fourth-order valence-corrected chi connectivity index (χ4v) is 3.08. The third kappa shape index (κ3) is 3.15. The number of carbonyl (C=O) groups excluding carboxylic acids is 1. The van der Waals surface area contributed by atoms with Crippen LogP contribution in [0.2, 0.25) is 0 Å². The molecule has 0 bridgehead atoms. The summed E-state index contributed by atoms with van der Waals surface area (Å²) in [6, 6.07) is 8.62. The van der Waals surface area contributed by atoms with Crippen molar-refractivity contribution in [3.63, 3.8) is 0 Å². The Labute approximate surface area is 126 Å². The summed E-state index contributed by atoms with van der Waals surface area (Å²) in [7, 11) is 0. The molecule has 2 N–H and O–H groups in total. The normalized spacial score (nSPS) is 19.6. The summed E-state index contributed by atoms with van der Waals surface area (Å²) < 4.78 is 0. The summed E-state index contributed by atoms with van der Waals surface area (Å²) in [4.78, 5) is 12.1. The lowest BCUT2D eigenvalue weighted by Crippen LogP contribution is -2.50. The number of benzene rings is 1. The van der Waals surface area contributed by atoms with Gasteiger partial charge in [-0.1, -0.05) is 31.2 Å². The largest absolute Gasteiger partial charge is 0.356 e. The van der Waals surface area contributed by atoms with Crippen molar-refractivity contribution in [1.29, 1.82) is 0 Å². The van der Waals surface area contributed by atoms with Gasteiger partial charge in [-0.2, -0.15) is 0 Å². The Hall–Kier alpha value is -1.06. The Morgan fingerprint density at radius 1 is 1.30 bits per heavy atom. The van der Waals surface area contributed by atoms with Gasteiger partial charge >= 0.3 is 0 Å². The molecule has 1 amide bonds. The summed E-state index contributed by atoms with van der Waals surface area (Å²) in [6.45, 7) is 4.84. The van der Waals surface area contributed by atoms with E-state index in [4.69, 9.17) is 0 Å². The monoisotopic (exact) mass is 294 g/mol. The minimum atomic E-state index is 0. The van der Waals surface area contributed by atoms with E-state index in [1.165, 1.54) is 11.1 Å². The molecule has 1 unspecified atom stereocenters. The molecule has 20 heavy (non-hydrogen) atoms. The van der Waals surface area contributed by atoms with E-state index in [-0.39, 0.29) is 24.2 Å². The van der Waals surface area contributed by atoms with Gasteiger partial charge in [-0.05, 0) is 48.9 Å². The molecule has 1 fully saturated rings. The molecule has 1 atom stereocenters. The second kappa shape index (κ2) is 6.59. The Morgan fingerprint density at radius 2 is 1.90 bits per heavy atom. The molecule has 1 aliphatic carbocycles. The van der Waals surface area contributed by atoms with Gasteiger partial charge in [0.05, 0.1) is 0 Å². The van der Waals surface area contributed by atoms with Gasteiger partial charge in [-0.25, -0.2) is 0 Å². The second-order valence-corrected chi connectivity index (χ2v) is 6.00. The maximum atomic E-state index is 12.1. The fourth-order valence-electron chi connectivity index (χ4n) is 3.08. The first-order valence-electron chi connectivity index (χ1n) is 7.29. The predicted molar refractivity (Wildman–Crippen MR) is 83.1 cm³/mol. The first kappa shape index (κ1) is 15.3. The number of rotatable bonds is 4. The molecule has 1 heterocycles. The molecule has 1 aromatic carbocycles. The van der Waals surface area contributed by atoms with E-state index >= 15 is 0 Å². The lowest BCUT2D eigenvalue weighted by molar-refractivity contribution is -0.126. The smallest absolute Gasteiger partial charge is 0.223 e. The van der Waals surface area contributed by atoms with Crippen molar-refractivity contribution < 1.29 is 4.79 Å². The predicted octanol–water partition coefficient (Wildman–Crippen LogP) is 1.79. The molecule has 3 rings (SSSR count). The van der Waals surface area contributed by atoms with Crippen LogP contribution in [0.15, 0.2) is 24.3 Å². The zero-order valence-electron chi connectivity index (χ0n) is 11.9. The van der Waals surface area contributed by atoms with Crippen molar-refractivity contribution in [2.45, 2.75) is 19.8 Å². The molecule has 1 aliphatic heterocycles. The van der Waals surface area contributed by atoms with Crippen LogP contribution in [0.3, 0.4) is 0 Å². The van der Waals surface area contributed by atoms with Gasteiger partial charge in [0.2, 0.25) is 5.91 Å². The minimum absolute atomic E-state index is 0. The standard InChI is InChI=1S/C16H22N2O.ClH/c1-11(15-9-17-10-15)16(19)18-8-12-6-13-4-2-3-5-14(13)7-12;/h2-5,11-12,15,17H,6-10H2,1H3,(H,18,19);1H. The van der Waals surface area contributed by atoms with Crippen LogP contribution in [-0.4, -0.2) is 25.5 Å². The highest BCUT2D eigenvalue weighted by Gasteiger charge is 2.29. The number of nitrogens with one attached hydrogen (secondary N) is 2. The Bertz CT molecular complexity index is 448. The van der Waals surface area contributed by atoms with Crippen molar-refractivity contribution in [1.82, 2.24) is 10.6 Å². The molecule has 110 valence electrons. The summed E-state index contributed by atoms with van der Waals surface area (Å²) >= 11 is 0. The van der Waals surface area contributed by atoms with Gasteiger partial charge in [0, 0.05) is 12.5 Å².